The van der Waals surface area contributed by atoms with Crippen molar-refractivity contribution in [2.75, 3.05) is 49.9 Å². The topological polar surface area (TPSA) is 61.4 Å². The molecule has 0 aliphatic carbocycles. The lowest BCUT2D eigenvalue weighted by atomic mass is 10.2. The Bertz CT molecular complexity index is 841. The molecule has 0 radical (unpaired) electrons. The maximum atomic E-state index is 11.8. The molecular formula is C22H28ClN5OS. The van der Waals surface area contributed by atoms with Gasteiger partial charge in [0.2, 0.25) is 5.91 Å². The van der Waals surface area contributed by atoms with Gasteiger partial charge in [0.1, 0.15) is 11.0 Å². The Morgan fingerprint density at radius 3 is 2.70 bits per heavy atom. The van der Waals surface area contributed by atoms with Crippen molar-refractivity contribution in [1.82, 2.24) is 20.2 Å². The number of halogens is 1. The zero-order valence-corrected chi connectivity index (χ0v) is 18.8. The number of piperazine rings is 1. The van der Waals surface area contributed by atoms with Crippen LogP contribution in [-0.4, -0.2) is 65.8 Å². The molecule has 2 aromatic rings. The monoisotopic (exact) mass is 445 g/mol. The SMILES string of the molecule is CCCNC(=O)CSc1nc(Cl)cc(N2CCN(CC=Cc3ccccc3)CC2)n1. The van der Waals surface area contributed by atoms with E-state index in [1.165, 1.54) is 17.3 Å². The largest absolute Gasteiger partial charge is 0.355 e. The van der Waals surface area contributed by atoms with E-state index in [0.29, 0.717) is 22.6 Å². The number of aromatic nitrogens is 2. The molecular weight excluding hydrogens is 418 g/mol. The molecule has 3 rings (SSSR count). The van der Waals surface area contributed by atoms with E-state index < -0.39 is 0 Å². The molecule has 6 nitrogen and oxygen atoms in total. The van der Waals surface area contributed by atoms with Crippen molar-refractivity contribution in [1.29, 1.82) is 0 Å². The van der Waals surface area contributed by atoms with Gasteiger partial charge in [-0.2, -0.15) is 0 Å². The first-order valence-corrected chi connectivity index (χ1v) is 11.6. The fraction of sp³-hybridized carbons (Fsp3) is 0.409. The summed E-state index contributed by atoms with van der Waals surface area (Å²) in [6, 6.07) is 12.1. The van der Waals surface area contributed by atoms with Gasteiger partial charge in [0.05, 0.1) is 5.75 Å². The fourth-order valence-electron chi connectivity index (χ4n) is 3.12. The number of carbonyl (C=O) groups excluding carboxylic acids is 1. The number of carbonyl (C=O) groups is 1. The molecule has 0 bridgehead atoms. The Kier molecular flexibility index (Phi) is 8.99. The summed E-state index contributed by atoms with van der Waals surface area (Å²) in [6.07, 6.45) is 5.30. The van der Waals surface area contributed by atoms with Crippen LogP contribution >= 0.6 is 23.4 Å². The zero-order valence-electron chi connectivity index (χ0n) is 17.3. The molecule has 0 spiro atoms. The van der Waals surface area contributed by atoms with E-state index in [0.717, 1.165) is 45.0 Å². The first-order valence-electron chi connectivity index (χ1n) is 10.3. The molecule has 1 aliphatic rings. The molecule has 30 heavy (non-hydrogen) atoms. The van der Waals surface area contributed by atoms with Crippen LogP contribution in [0, 0.1) is 0 Å². The zero-order chi connectivity index (χ0) is 21.2. The standard InChI is InChI=1S/C22H28ClN5OS/c1-2-10-24-21(29)17-30-22-25-19(23)16-20(26-22)28-14-12-27(13-15-28)11-6-9-18-7-4-3-5-8-18/h3-9,16H,2,10-15,17H2,1H3,(H,24,29). The molecule has 1 fully saturated rings. The van der Waals surface area contributed by atoms with Gasteiger partial charge in [-0.15, -0.1) is 0 Å². The number of rotatable bonds is 9. The highest BCUT2D eigenvalue weighted by Crippen LogP contribution is 2.22. The van der Waals surface area contributed by atoms with Crippen molar-refractivity contribution in [3.8, 4) is 0 Å². The lowest BCUT2D eigenvalue weighted by Crippen LogP contribution is -2.46. The normalized spacial score (nSPS) is 14.9. The van der Waals surface area contributed by atoms with Crippen molar-refractivity contribution in [2.45, 2.75) is 18.5 Å². The van der Waals surface area contributed by atoms with Crippen molar-refractivity contribution in [2.24, 2.45) is 0 Å². The highest BCUT2D eigenvalue weighted by Gasteiger charge is 2.19. The molecule has 1 aromatic carbocycles. The highest BCUT2D eigenvalue weighted by molar-refractivity contribution is 7.99. The van der Waals surface area contributed by atoms with Gasteiger partial charge in [0, 0.05) is 45.3 Å². The van der Waals surface area contributed by atoms with Crippen LogP contribution in [0.2, 0.25) is 5.15 Å². The van der Waals surface area contributed by atoms with E-state index in [1.807, 2.05) is 13.0 Å². The van der Waals surface area contributed by atoms with Crippen LogP contribution in [0.25, 0.3) is 6.08 Å². The molecule has 1 aliphatic heterocycles. The number of hydrogen-bond donors (Lipinski definition) is 1. The predicted molar refractivity (Wildman–Crippen MR) is 125 cm³/mol. The summed E-state index contributed by atoms with van der Waals surface area (Å²) in [6.45, 7) is 7.33. The number of hydrogen-bond acceptors (Lipinski definition) is 6. The third-order valence-corrected chi connectivity index (χ3v) is 5.78. The molecule has 1 aromatic heterocycles. The van der Waals surface area contributed by atoms with Crippen molar-refractivity contribution < 1.29 is 4.79 Å². The first-order chi connectivity index (χ1) is 14.6. The van der Waals surface area contributed by atoms with Gasteiger partial charge in [-0.05, 0) is 12.0 Å². The van der Waals surface area contributed by atoms with Gasteiger partial charge >= 0.3 is 0 Å². The highest BCUT2D eigenvalue weighted by atomic mass is 35.5. The number of thioether (sulfide) groups is 1. The first kappa shape index (κ1) is 22.6. The minimum absolute atomic E-state index is 0.0100. The Hall–Kier alpha value is -2.09. The van der Waals surface area contributed by atoms with E-state index in [9.17, 15) is 4.79 Å². The number of nitrogens with zero attached hydrogens (tertiary/aromatic N) is 4. The molecule has 160 valence electrons. The fourth-order valence-corrected chi connectivity index (χ4v) is 4.03. The Morgan fingerprint density at radius 2 is 1.97 bits per heavy atom. The second kappa shape index (κ2) is 11.9. The van der Waals surface area contributed by atoms with Crippen LogP contribution in [-0.2, 0) is 4.79 Å². The molecule has 0 atom stereocenters. The number of amides is 1. The molecule has 2 heterocycles. The summed E-state index contributed by atoms with van der Waals surface area (Å²) in [7, 11) is 0. The van der Waals surface area contributed by atoms with Crippen LogP contribution in [0.3, 0.4) is 0 Å². The van der Waals surface area contributed by atoms with Crippen LogP contribution in [0.15, 0.2) is 47.6 Å². The maximum Gasteiger partial charge on any atom is 0.230 e. The quantitative estimate of drug-likeness (QED) is 0.361. The molecule has 8 heteroatoms. The Labute approximate surface area is 187 Å². The Morgan fingerprint density at radius 1 is 1.20 bits per heavy atom. The molecule has 1 N–H and O–H groups in total. The van der Waals surface area contributed by atoms with Gasteiger partial charge in [0.25, 0.3) is 0 Å². The summed E-state index contributed by atoms with van der Waals surface area (Å²) in [5.74, 6) is 1.11. The summed E-state index contributed by atoms with van der Waals surface area (Å²) in [4.78, 5) is 25.3. The molecule has 0 unspecified atom stereocenters. The second-order valence-corrected chi connectivity index (χ2v) is 8.40. The van der Waals surface area contributed by atoms with Crippen LogP contribution in [0.5, 0.6) is 0 Å². The van der Waals surface area contributed by atoms with E-state index >= 15 is 0 Å². The van der Waals surface area contributed by atoms with Gasteiger partial charge in [-0.3, -0.25) is 9.69 Å². The number of benzene rings is 1. The van der Waals surface area contributed by atoms with E-state index in [-0.39, 0.29) is 5.91 Å². The predicted octanol–water partition coefficient (Wildman–Crippen LogP) is 3.58. The van der Waals surface area contributed by atoms with Crippen LogP contribution in [0.1, 0.15) is 18.9 Å². The van der Waals surface area contributed by atoms with Crippen molar-refractivity contribution in [3.63, 3.8) is 0 Å². The average molecular weight is 446 g/mol. The number of nitrogens with one attached hydrogen (secondary N) is 1. The molecule has 1 saturated heterocycles. The van der Waals surface area contributed by atoms with Gasteiger partial charge in [0.15, 0.2) is 5.16 Å². The van der Waals surface area contributed by atoms with Crippen LogP contribution < -0.4 is 10.2 Å². The van der Waals surface area contributed by atoms with Gasteiger partial charge in [-0.25, -0.2) is 9.97 Å². The van der Waals surface area contributed by atoms with E-state index in [2.05, 4.69) is 61.5 Å². The lowest BCUT2D eigenvalue weighted by Gasteiger charge is -2.35. The number of anilines is 1. The minimum Gasteiger partial charge on any atom is -0.355 e. The maximum absolute atomic E-state index is 11.8. The lowest BCUT2D eigenvalue weighted by molar-refractivity contribution is -0.118. The second-order valence-electron chi connectivity index (χ2n) is 7.07. The smallest absolute Gasteiger partial charge is 0.230 e. The Balaban J connectivity index is 1.49. The van der Waals surface area contributed by atoms with Crippen molar-refractivity contribution in [3.05, 3.63) is 53.2 Å². The molecule has 1 amide bonds. The molecule has 0 saturated carbocycles. The van der Waals surface area contributed by atoms with Crippen molar-refractivity contribution >= 4 is 41.2 Å². The third kappa shape index (κ3) is 7.31. The third-order valence-electron chi connectivity index (χ3n) is 4.74. The minimum atomic E-state index is -0.0100. The van der Waals surface area contributed by atoms with E-state index in [4.69, 9.17) is 11.6 Å². The van der Waals surface area contributed by atoms with Crippen LogP contribution in [0.4, 0.5) is 5.82 Å². The summed E-state index contributed by atoms with van der Waals surface area (Å²) < 4.78 is 0. The van der Waals surface area contributed by atoms with Gasteiger partial charge < -0.3 is 10.2 Å². The van der Waals surface area contributed by atoms with E-state index in [1.54, 1.807) is 6.07 Å². The summed E-state index contributed by atoms with van der Waals surface area (Å²) in [5, 5.41) is 3.80. The summed E-state index contributed by atoms with van der Waals surface area (Å²) >= 11 is 7.53. The van der Waals surface area contributed by atoms with Gasteiger partial charge in [-0.1, -0.05) is 72.8 Å². The average Bonchev–Trinajstić information content (AvgIpc) is 2.77. The summed E-state index contributed by atoms with van der Waals surface area (Å²) in [5.41, 5.74) is 1.22.